The zero-order chi connectivity index (χ0) is 37.0. The highest BCUT2D eigenvalue weighted by atomic mass is 19.4. The molecule has 2 aliphatic rings. The summed E-state index contributed by atoms with van der Waals surface area (Å²) in [5, 5.41) is 8.40. The summed E-state index contributed by atoms with van der Waals surface area (Å²) in [6.07, 6.45) is -3.02. The summed E-state index contributed by atoms with van der Waals surface area (Å²) >= 11 is 0. The van der Waals surface area contributed by atoms with Crippen molar-refractivity contribution >= 4 is 28.7 Å². The second kappa shape index (κ2) is 13.3. The third kappa shape index (κ3) is 8.22. The van der Waals surface area contributed by atoms with Crippen LogP contribution in [0.3, 0.4) is 0 Å². The lowest BCUT2D eigenvalue weighted by molar-refractivity contribution is -0.143. The molecule has 3 aromatic heterocycles. The first-order valence-corrected chi connectivity index (χ1v) is 17.0. The van der Waals surface area contributed by atoms with Crippen molar-refractivity contribution in [2.75, 3.05) is 37.0 Å². The number of nitrogens with one attached hydrogen (secondary N) is 1. The van der Waals surface area contributed by atoms with E-state index in [9.17, 15) is 31.1 Å². The van der Waals surface area contributed by atoms with Gasteiger partial charge >= 0.3 is 12.4 Å². The van der Waals surface area contributed by atoms with Crippen LogP contribution in [-0.4, -0.2) is 63.1 Å². The highest BCUT2D eigenvalue weighted by Crippen LogP contribution is 2.43. The molecule has 0 aliphatic heterocycles. The number of anilines is 2. The van der Waals surface area contributed by atoms with E-state index in [2.05, 4.69) is 45.8 Å². The minimum absolute atomic E-state index is 0.0000989. The standard InChI is InChI=1S/C36H42F6N8O/c1-20-28-29(34(2,3)4)27(31(45-30(28)47-46-20)49(16-21-7-8-21)17-22-9-10-22)19-50(33-43-14-24(15-44-33)32(51)48(5)6)18-23-11-25(35(37,38)39)13-26(12-23)36(40,41)42/h11-15,21-22H,7-10,16-19H2,1-6H3,(H,45,46,47). The average molecular weight is 717 g/mol. The fraction of sp³-hybridized carbons (Fsp3) is 0.528. The highest BCUT2D eigenvalue weighted by molar-refractivity contribution is 5.93. The van der Waals surface area contributed by atoms with Crippen LogP contribution in [0.5, 0.6) is 0 Å². The van der Waals surface area contributed by atoms with E-state index in [1.165, 1.54) is 17.3 Å². The molecule has 9 nitrogen and oxygen atoms in total. The molecule has 1 amide bonds. The molecule has 0 radical (unpaired) electrons. The number of nitrogens with zero attached hydrogens (tertiary/aromatic N) is 7. The number of hydrogen-bond donors (Lipinski definition) is 1. The quantitative estimate of drug-likeness (QED) is 0.158. The number of rotatable bonds is 11. The van der Waals surface area contributed by atoms with Gasteiger partial charge in [-0.15, -0.1) is 0 Å². The Morgan fingerprint density at radius 1 is 0.843 bits per heavy atom. The van der Waals surface area contributed by atoms with Crippen LogP contribution in [0, 0.1) is 18.8 Å². The van der Waals surface area contributed by atoms with Crippen molar-refractivity contribution in [2.45, 2.75) is 84.2 Å². The Kier molecular flexibility index (Phi) is 9.47. The van der Waals surface area contributed by atoms with Gasteiger partial charge < -0.3 is 14.7 Å². The number of H-pyrrole nitrogens is 1. The van der Waals surface area contributed by atoms with Gasteiger partial charge in [0.2, 0.25) is 5.95 Å². The Morgan fingerprint density at radius 3 is 1.86 bits per heavy atom. The van der Waals surface area contributed by atoms with Crippen molar-refractivity contribution in [3.63, 3.8) is 0 Å². The molecule has 6 rings (SSSR count). The second-order valence-electron chi connectivity index (χ2n) is 15.1. The van der Waals surface area contributed by atoms with Crippen LogP contribution in [0.1, 0.15) is 90.3 Å². The number of benzene rings is 1. The molecule has 2 aliphatic carbocycles. The number of carbonyl (C=O) groups is 1. The molecule has 2 saturated carbocycles. The van der Waals surface area contributed by atoms with Crippen LogP contribution in [-0.2, 0) is 30.9 Å². The van der Waals surface area contributed by atoms with E-state index in [1.807, 2.05) is 6.92 Å². The molecular weight excluding hydrogens is 674 g/mol. The summed E-state index contributed by atoms with van der Waals surface area (Å²) in [5.74, 6) is 1.35. The van der Waals surface area contributed by atoms with Crippen molar-refractivity contribution in [3.05, 3.63) is 69.7 Å². The van der Waals surface area contributed by atoms with Gasteiger partial charge in [0.1, 0.15) is 5.82 Å². The van der Waals surface area contributed by atoms with E-state index in [-0.39, 0.29) is 35.6 Å². The Bertz CT molecular complexity index is 1860. The number of alkyl halides is 6. The highest BCUT2D eigenvalue weighted by Gasteiger charge is 2.38. The van der Waals surface area contributed by atoms with E-state index in [1.54, 1.807) is 19.0 Å². The van der Waals surface area contributed by atoms with Crippen molar-refractivity contribution in [1.82, 2.24) is 30.0 Å². The van der Waals surface area contributed by atoms with E-state index < -0.39 is 35.4 Å². The number of halogens is 6. The summed E-state index contributed by atoms with van der Waals surface area (Å²) in [4.78, 5) is 31.8. The van der Waals surface area contributed by atoms with Crippen LogP contribution in [0.15, 0.2) is 30.6 Å². The summed E-state index contributed by atoms with van der Waals surface area (Å²) in [7, 11) is 3.14. The summed E-state index contributed by atoms with van der Waals surface area (Å²) in [6.45, 7) is 9.20. The summed E-state index contributed by atoms with van der Waals surface area (Å²) < 4.78 is 83.8. The summed E-state index contributed by atoms with van der Waals surface area (Å²) in [5.41, 5.74) is -0.357. The predicted octanol–water partition coefficient (Wildman–Crippen LogP) is 7.93. The van der Waals surface area contributed by atoms with Gasteiger partial charge in [0.05, 0.1) is 23.2 Å². The number of carbonyl (C=O) groups excluding carboxylic acids is 1. The molecule has 0 unspecified atom stereocenters. The normalized spacial score (nSPS) is 15.4. The lowest BCUT2D eigenvalue weighted by Crippen LogP contribution is -2.34. The van der Waals surface area contributed by atoms with Gasteiger partial charge in [-0.2, -0.15) is 31.4 Å². The topological polar surface area (TPSA) is 94.1 Å². The molecule has 1 N–H and O–H groups in total. The van der Waals surface area contributed by atoms with Crippen molar-refractivity contribution in [3.8, 4) is 0 Å². The molecule has 51 heavy (non-hydrogen) atoms. The van der Waals surface area contributed by atoms with Gasteiger partial charge in [0, 0.05) is 62.8 Å². The Morgan fingerprint density at radius 2 is 1.39 bits per heavy atom. The van der Waals surface area contributed by atoms with Crippen molar-refractivity contribution in [1.29, 1.82) is 0 Å². The van der Waals surface area contributed by atoms with E-state index >= 15 is 0 Å². The van der Waals surface area contributed by atoms with Crippen LogP contribution < -0.4 is 9.80 Å². The van der Waals surface area contributed by atoms with Crippen LogP contribution in [0.4, 0.5) is 38.1 Å². The molecule has 0 saturated heterocycles. The molecule has 2 fully saturated rings. The number of fused-ring (bicyclic) bond motifs is 1. The molecular formula is C36H42F6N8O. The maximum Gasteiger partial charge on any atom is 0.416 e. The van der Waals surface area contributed by atoms with Crippen LogP contribution in [0.25, 0.3) is 11.0 Å². The average Bonchev–Trinajstić information content (AvgIpc) is 3.99. The van der Waals surface area contributed by atoms with Gasteiger partial charge in [-0.3, -0.25) is 9.89 Å². The summed E-state index contributed by atoms with van der Waals surface area (Å²) in [6, 6.07) is 1.58. The van der Waals surface area contributed by atoms with Crippen molar-refractivity contribution in [2.24, 2.45) is 11.8 Å². The van der Waals surface area contributed by atoms with Gasteiger partial charge in [0.15, 0.2) is 5.65 Å². The Balaban J connectivity index is 1.55. The maximum absolute atomic E-state index is 14.0. The first-order chi connectivity index (χ1) is 23.8. The minimum Gasteiger partial charge on any atom is -0.356 e. The number of pyridine rings is 1. The zero-order valence-electron chi connectivity index (χ0n) is 29.5. The van der Waals surface area contributed by atoms with E-state index in [0.29, 0.717) is 23.3 Å². The molecule has 4 aromatic rings. The number of hydrogen-bond acceptors (Lipinski definition) is 7. The van der Waals surface area contributed by atoms with Crippen LogP contribution >= 0.6 is 0 Å². The molecule has 0 atom stereocenters. The maximum atomic E-state index is 14.0. The minimum atomic E-state index is -5.02. The molecule has 3 heterocycles. The first-order valence-electron chi connectivity index (χ1n) is 17.0. The third-order valence-electron chi connectivity index (χ3n) is 9.31. The Hall–Kier alpha value is -4.43. The number of aryl methyl sites for hydroxylation is 1. The number of aromatic nitrogens is 5. The SMILES string of the molecule is Cc1[nH]nc2nc(N(CC3CC3)CC3CC3)c(CN(Cc3cc(C(F)(F)F)cc(C(F)(F)F)c3)c3ncc(C(=O)N(C)C)cn3)c(C(C)(C)C)c12. The smallest absolute Gasteiger partial charge is 0.356 e. The van der Waals surface area contributed by atoms with Crippen molar-refractivity contribution < 1.29 is 31.1 Å². The van der Waals surface area contributed by atoms with Gasteiger partial charge in [-0.1, -0.05) is 20.8 Å². The van der Waals surface area contributed by atoms with E-state index in [4.69, 9.17) is 4.98 Å². The lowest BCUT2D eigenvalue weighted by Gasteiger charge is -2.34. The van der Waals surface area contributed by atoms with E-state index in [0.717, 1.165) is 73.1 Å². The fourth-order valence-corrected chi connectivity index (χ4v) is 6.51. The molecule has 0 spiro atoms. The monoisotopic (exact) mass is 716 g/mol. The fourth-order valence-electron chi connectivity index (χ4n) is 6.51. The van der Waals surface area contributed by atoms with Crippen LogP contribution in [0.2, 0.25) is 0 Å². The Labute approximate surface area is 292 Å². The van der Waals surface area contributed by atoms with Gasteiger partial charge in [-0.05, 0) is 79.2 Å². The number of aromatic amines is 1. The van der Waals surface area contributed by atoms with Gasteiger partial charge in [0.25, 0.3) is 5.91 Å². The molecule has 274 valence electrons. The predicted molar refractivity (Wildman–Crippen MR) is 181 cm³/mol. The lowest BCUT2D eigenvalue weighted by atomic mass is 9.81. The largest absolute Gasteiger partial charge is 0.416 e. The third-order valence-corrected chi connectivity index (χ3v) is 9.31. The zero-order valence-corrected chi connectivity index (χ0v) is 29.5. The first kappa shape index (κ1) is 36.4. The molecule has 15 heteroatoms. The molecule has 1 aromatic carbocycles. The second-order valence-corrected chi connectivity index (χ2v) is 15.1. The number of amides is 1. The van der Waals surface area contributed by atoms with Gasteiger partial charge in [-0.25, -0.2) is 15.0 Å². The molecule has 0 bridgehead atoms.